The molecule has 1 N–H and O–H groups in total. The average molecular weight is 360 g/mol. The predicted octanol–water partition coefficient (Wildman–Crippen LogP) is 3.86. The Balaban J connectivity index is 2.70. The maximum Gasteiger partial charge on any atom is 0.225 e. The molecule has 0 atom stereocenters. The minimum absolute atomic E-state index is 0.155. The largest absolute Gasteiger partial charge is 0.327 e. The lowest BCUT2D eigenvalue weighted by Gasteiger charge is -2.13. The van der Waals surface area contributed by atoms with Crippen LogP contribution in [-0.2, 0) is 21.2 Å². The van der Waals surface area contributed by atoms with E-state index in [-0.39, 0.29) is 15.7 Å². The van der Waals surface area contributed by atoms with Crippen LogP contribution >= 0.6 is 0 Å². The number of carbonyl (C=O) groups is 1. The molecule has 1 aromatic heterocycles. The Morgan fingerprint density at radius 1 is 1.24 bits per heavy atom. The van der Waals surface area contributed by atoms with Crippen LogP contribution in [0.4, 0.5) is 5.82 Å². The Morgan fingerprint density at radius 3 is 2.44 bits per heavy atom. The molecule has 6 heteroatoms. The first-order valence-electron chi connectivity index (χ1n) is 8.25. The second kappa shape index (κ2) is 7.70. The molecule has 0 aliphatic carbocycles. The van der Waals surface area contributed by atoms with Gasteiger partial charge in [-0.25, -0.2) is 8.42 Å². The molecule has 2 rings (SSSR count). The van der Waals surface area contributed by atoms with E-state index in [0.717, 1.165) is 5.69 Å². The number of amides is 1. The standard InChI is InChI=1S/C19H24N2O3S/c1-5-10-17(22)20-19-18(14(3)15(4)21(19)13-6-2)25(23,24)16-11-8-7-9-12-16/h6-9,11-12H,2,5,10,13H2,1,3-4H3,(H,20,22). The maximum absolute atomic E-state index is 13.2. The van der Waals surface area contributed by atoms with Gasteiger partial charge in [-0.1, -0.05) is 31.2 Å². The zero-order chi connectivity index (χ0) is 18.6. The van der Waals surface area contributed by atoms with Gasteiger partial charge in [-0.3, -0.25) is 4.79 Å². The molecule has 1 amide bonds. The number of allylic oxidation sites excluding steroid dienone is 1. The van der Waals surface area contributed by atoms with Crippen molar-refractivity contribution >= 4 is 21.6 Å². The molecule has 2 aromatic rings. The van der Waals surface area contributed by atoms with Gasteiger partial charge in [0.15, 0.2) is 0 Å². The van der Waals surface area contributed by atoms with Gasteiger partial charge in [-0.05, 0) is 38.0 Å². The fourth-order valence-corrected chi connectivity index (χ4v) is 4.50. The lowest BCUT2D eigenvalue weighted by atomic mass is 10.3. The minimum Gasteiger partial charge on any atom is -0.327 e. The smallest absolute Gasteiger partial charge is 0.225 e. The van der Waals surface area contributed by atoms with Crippen molar-refractivity contribution in [2.24, 2.45) is 0 Å². The lowest BCUT2D eigenvalue weighted by Crippen LogP contribution is -2.17. The van der Waals surface area contributed by atoms with Crippen LogP contribution in [0.3, 0.4) is 0 Å². The molecule has 0 aliphatic heterocycles. The van der Waals surface area contributed by atoms with E-state index >= 15 is 0 Å². The number of sulfone groups is 1. The first-order chi connectivity index (χ1) is 11.8. The van der Waals surface area contributed by atoms with Crippen molar-refractivity contribution < 1.29 is 13.2 Å². The second-order valence-corrected chi connectivity index (χ2v) is 7.79. The Hall–Kier alpha value is -2.34. The highest BCUT2D eigenvalue weighted by atomic mass is 32.2. The van der Waals surface area contributed by atoms with Gasteiger partial charge in [0.05, 0.1) is 4.90 Å². The first-order valence-corrected chi connectivity index (χ1v) is 9.73. The Bertz CT molecular complexity index is 881. The van der Waals surface area contributed by atoms with Gasteiger partial charge < -0.3 is 9.88 Å². The molecule has 134 valence electrons. The van der Waals surface area contributed by atoms with E-state index in [4.69, 9.17) is 0 Å². The normalized spacial score (nSPS) is 11.3. The van der Waals surface area contributed by atoms with Crippen LogP contribution in [0, 0.1) is 13.8 Å². The van der Waals surface area contributed by atoms with Gasteiger partial charge in [0.1, 0.15) is 10.7 Å². The minimum atomic E-state index is -3.75. The van der Waals surface area contributed by atoms with Crippen LogP contribution in [0.15, 0.2) is 52.8 Å². The van der Waals surface area contributed by atoms with E-state index in [1.807, 2.05) is 13.8 Å². The predicted molar refractivity (Wildman–Crippen MR) is 99.5 cm³/mol. The number of rotatable bonds is 7. The first kappa shape index (κ1) is 19.0. The van der Waals surface area contributed by atoms with E-state index < -0.39 is 9.84 Å². The molecule has 0 aliphatic rings. The number of nitrogens with zero attached hydrogens (tertiary/aromatic N) is 1. The number of aromatic nitrogens is 1. The summed E-state index contributed by atoms with van der Waals surface area (Å²) in [5.74, 6) is 0.118. The third-order valence-electron chi connectivity index (χ3n) is 4.14. The number of hydrogen-bond donors (Lipinski definition) is 1. The maximum atomic E-state index is 13.2. The number of nitrogens with one attached hydrogen (secondary N) is 1. The van der Waals surface area contributed by atoms with Gasteiger partial charge in [0, 0.05) is 18.7 Å². The third kappa shape index (κ3) is 3.69. The molecule has 0 unspecified atom stereocenters. The molecule has 25 heavy (non-hydrogen) atoms. The SMILES string of the molecule is C=CCn1c(C)c(C)c(S(=O)(=O)c2ccccc2)c1NC(=O)CCC. The third-order valence-corrected chi connectivity index (χ3v) is 6.07. The van der Waals surface area contributed by atoms with Gasteiger partial charge in [0.25, 0.3) is 0 Å². The van der Waals surface area contributed by atoms with E-state index in [2.05, 4.69) is 11.9 Å². The summed E-state index contributed by atoms with van der Waals surface area (Å²) in [7, 11) is -3.75. The molecule has 0 fully saturated rings. The monoisotopic (exact) mass is 360 g/mol. The highest BCUT2D eigenvalue weighted by Crippen LogP contribution is 2.35. The van der Waals surface area contributed by atoms with Gasteiger partial charge in [-0.15, -0.1) is 6.58 Å². The summed E-state index contributed by atoms with van der Waals surface area (Å²) in [6, 6.07) is 8.26. The zero-order valence-electron chi connectivity index (χ0n) is 14.9. The van der Waals surface area contributed by atoms with Crippen molar-refractivity contribution in [1.29, 1.82) is 0 Å². The van der Waals surface area contributed by atoms with Crippen LogP contribution in [-0.4, -0.2) is 18.9 Å². The van der Waals surface area contributed by atoms with Crippen LogP contribution in [0.25, 0.3) is 0 Å². The average Bonchev–Trinajstić information content (AvgIpc) is 2.81. The molecule has 1 heterocycles. The summed E-state index contributed by atoms with van der Waals surface area (Å²) in [6.45, 7) is 9.66. The number of benzene rings is 1. The van der Waals surface area contributed by atoms with Crippen LogP contribution in [0.5, 0.6) is 0 Å². The van der Waals surface area contributed by atoms with E-state index in [1.165, 1.54) is 0 Å². The van der Waals surface area contributed by atoms with Gasteiger partial charge in [0.2, 0.25) is 15.7 Å². The Kier molecular flexibility index (Phi) is 5.85. The van der Waals surface area contributed by atoms with Crippen molar-refractivity contribution in [3.63, 3.8) is 0 Å². The zero-order valence-corrected chi connectivity index (χ0v) is 15.7. The summed E-state index contributed by atoms with van der Waals surface area (Å²) < 4.78 is 28.2. The van der Waals surface area contributed by atoms with Crippen molar-refractivity contribution in [1.82, 2.24) is 4.57 Å². The Labute approximate surface area is 149 Å². The molecule has 0 saturated heterocycles. The van der Waals surface area contributed by atoms with E-state index in [9.17, 15) is 13.2 Å². The van der Waals surface area contributed by atoms with Crippen LogP contribution < -0.4 is 5.32 Å². The van der Waals surface area contributed by atoms with Crippen molar-refractivity contribution in [2.75, 3.05) is 5.32 Å². The van der Waals surface area contributed by atoms with Crippen molar-refractivity contribution in [2.45, 2.75) is 49.9 Å². The van der Waals surface area contributed by atoms with Crippen LogP contribution in [0.2, 0.25) is 0 Å². The van der Waals surface area contributed by atoms with E-state index in [1.54, 1.807) is 47.9 Å². The summed E-state index contributed by atoms with van der Waals surface area (Å²) in [4.78, 5) is 12.5. The topological polar surface area (TPSA) is 68.2 Å². The fourth-order valence-electron chi connectivity index (χ4n) is 2.78. The van der Waals surface area contributed by atoms with Gasteiger partial charge >= 0.3 is 0 Å². The molecule has 0 spiro atoms. The van der Waals surface area contributed by atoms with Crippen molar-refractivity contribution in [3.8, 4) is 0 Å². The molecular weight excluding hydrogens is 336 g/mol. The molecule has 0 saturated carbocycles. The van der Waals surface area contributed by atoms with Gasteiger partial charge in [-0.2, -0.15) is 0 Å². The summed E-state index contributed by atoms with van der Waals surface area (Å²) >= 11 is 0. The highest BCUT2D eigenvalue weighted by molar-refractivity contribution is 7.91. The highest BCUT2D eigenvalue weighted by Gasteiger charge is 2.30. The van der Waals surface area contributed by atoms with Crippen LogP contribution in [0.1, 0.15) is 31.0 Å². The summed E-state index contributed by atoms with van der Waals surface area (Å²) in [5.41, 5.74) is 1.43. The van der Waals surface area contributed by atoms with Crippen molar-refractivity contribution in [3.05, 3.63) is 54.2 Å². The summed E-state index contributed by atoms with van der Waals surface area (Å²) in [5, 5.41) is 2.80. The molecule has 1 aromatic carbocycles. The number of carbonyl (C=O) groups excluding carboxylic acids is 1. The molecular formula is C19H24N2O3S. The summed E-state index contributed by atoms with van der Waals surface area (Å²) in [6.07, 6.45) is 2.70. The number of hydrogen-bond acceptors (Lipinski definition) is 3. The second-order valence-electron chi connectivity index (χ2n) is 5.90. The molecule has 0 bridgehead atoms. The molecule has 0 radical (unpaired) electrons. The van der Waals surface area contributed by atoms with E-state index in [0.29, 0.717) is 30.8 Å². The molecule has 5 nitrogen and oxygen atoms in total. The fraction of sp³-hybridized carbons (Fsp3) is 0.316. The number of anilines is 1. The Morgan fingerprint density at radius 2 is 1.88 bits per heavy atom. The quantitative estimate of drug-likeness (QED) is 0.762. The lowest BCUT2D eigenvalue weighted by molar-refractivity contribution is -0.116.